The molecule has 2 aromatic rings. The van der Waals surface area contributed by atoms with Gasteiger partial charge in [-0.25, -0.2) is 0 Å². The fourth-order valence-electron chi connectivity index (χ4n) is 1.44. The van der Waals surface area contributed by atoms with Crippen LogP contribution in [0.15, 0.2) is 36.8 Å². The van der Waals surface area contributed by atoms with Gasteiger partial charge in [0.25, 0.3) is 0 Å². The van der Waals surface area contributed by atoms with E-state index in [1.807, 2.05) is 0 Å². The molecule has 0 saturated carbocycles. The van der Waals surface area contributed by atoms with Gasteiger partial charge in [0.15, 0.2) is 0 Å². The molecule has 3 N–H and O–H groups in total. The number of phenols is 1. The molecule has 1 heterocycles. The summed E-state index contributed by atoms with van der Waals surface area (Å²) in [4.78, 5) is 8.09. The molecule has 0 aliphatic rings. The summed E-state index contributed by atoms with van der Waals surface area (Å²) < 4.78 is 0. The molecule has 0 fully saturated rings. The minimum atomic E-state index is -0.188. The van der Waals surface area contributed by atoms with Crippen LogP contribution in [0.4, 0.5) is 5.69 Å². The minimum Gasteiger partial charge on any atom is -0.508 e. The predicted molar refractivity (Wildman–Crippen MR) is 63.4 cm³/mol. The number of aliphatic hydroxyl groups excluding tert-OH is 1. The first kappa shape index (κ1) is 11.3. The third-order valence-corrected chi connectivity index (χ3v) is 2.34. The molecule has 17 heavy (non-hydrogen) atoms. The summed E-state index contributed by atoms with van der Waals surface area (Å²) in [7, 11) is 0. The normalized spacial score (nSPS) is 10.2. The molecule has 2 rings (SSSR count). The Kier molecular flexibility index (Phi) is 3.52. The molecular formula is C12H13N3O2. The summed E-state index contributed by atoms with van der Waals surface area (Å²) in [5.41, 5.74) is 2.14. The molecule has 1 aromatic heterocycles. The third-order valence-electron chi connectivity index (χ3n) is 2.34. The fraction of sp³-hybridized carbons (Fsp3) is 0.167. The van der Waals surface area contributed by atoms with Crippen LogP contribution in [-0.2, 0) is 13.2 Å². The maximum atomic E-state index is 9.41. The van der Waals surface area contributed by atoms with Gasteiger partial charge in [-0.2, -0.15) is 0 Å². The lowest BCUT2D eigenvalue weighted by Crippen LogP contribution is -2.02. The smallest absolute Gasteiger partial charge is 0.121 e. The van der Waals surface area contributed by atoms with Gasteiger partial charge in [0.05, 0.1) is 25.0 Å². The van der Waals surface area contributed by atoms with Crippen LogP contribution in [0, 0.1) is 0 Å². The van der Waals surface area contributed by atoms with E-state index >= 15 is 0 Å². The summed E-state index contributed by atoms with van der Waals surface area (Å²) in [5.74, 6) is 0.0950. The van der Waals surface area contributed by atoms with Crippen molar-refractivity contribution in [3.63, 3.8) is 0 Å². The van der Waals surface area contributed by atoms with Gasteiger partial charge < -0.3 is 15.5 Å². The Balaban J connectivity index is 2.04. The van der Waals surface area contributed by atoms with E-state index < -0.39 is 0 Å². The molecule has 0 radical (unpaired) electrons. The van der Waals surface area contributed by atoms with Crippen molar-refractivity contribution in [2.24, 2.45) is 0 Å². The molecule has 0 spiro atoms. The molecule has 0 saturated heterocycles. The van der Waals surface area contributed by atoms with E-state index in [9.17, 15) is 5.11 Å². The quantitative estimate of drug-likeness (QED) is 0.691. The SMILES string of the molecule is OCc1cc(NCc2cnccn2)ccc1O. The molecule has 0 amide bonds. The van der Waals surface area contributed by atoms with E-state index in [0.29, 0.717) is 12.1 Å². The van der Waals surface area contributed by atoms with Gasteiger partial charge in [-0.1, -0.05) is 0 Å². The number of nitrogens with zero attached hydrogens (tertiary/aromatic N) is 2. The Morgan fingerprint density at radius 2 is 2.12 bits per heavy atom. The average Bonchev–Trinajstić information content (AvgIpc) is 2.39. The maximum Gasteiger partial charge on any atom is 0.121 e. The van der Waals surface area contributed by atoms with E-state index in [4.69, 9.17) is 5.11 Å². The van der Waals surface area contributed by atoms with E-state index in [1.54, 1.807) is 36.8 Å². The summed E-state index contributed by atoms with van der Waals surface area (Å²) in [5, 5.41) is 21.6. The van der Waals surface area contributed by atoms with Crippen LogP contribution in [0.2, 0.25) is 0 Å². The number of aromatic nitrogens is 2. The lowest BCUT2D eigenvalue weighted by Gasteiger charge is -2.08. The number of rotatable bonds is 4. The van der Waals surface area contributed by atoms with E-state index in [-0.39, 0.29) is 12.4 Å². The fourth-order valence-corrected chi connectivity index (χ4v) is 1.44. The highest BCUT2D eigenvalue weighted by molar-refractivity contribution is 5.50. The first-order valence-electron chi connectivity index (χ1n) is 5.21. The first-order chi connectivity index (χ1) is 8.29. The molecule has 88 valence electrons. The highest BCUT2D eigenvalue weighted by Gasteiger charge is 2.01. The van der Waals surface area contributed by atoms with Crippen LogP contribution in [0.1, 0.15) is 11.3 Å². The van der Waals surface area contributed by atoms with Gasteiger partial charge in [0, 0.05) is 23.6 Å². The summed E-state index contributed by atoms with van der Waals surface area (Å²) in [6.45, 7) is 0.357. The van der Waals surface area contributed by atoms with Crippen molar-refractivity contribution in [3.05, 3.63) is 48.0 Å². The zero-order chi connectivity index (χ0) is 12.1. The van der Waals surface area contributed by atoms with Crippen molar-refractivity contribution < 1.29 is 10.2 Å². The van der Waals surface area contributed by atoms with Crippen molar-refractivity contribution in [1.82, 2.24) is 9.97 Å². The summed E-state index contributed by atoms with van der Waals surface area (Å²) >= 11 is 0. The molecule has 5 heteroatoms. The van der Waals surface area contributed by atoms with Gasteiger partial charge in [-0.3, -0.25) is 9.97 Å². The van der Waals surface area contributed by atoms with E-state index in [1.165, 1.54) is 0 Å². The lowest BCUT2D eigenvalue weighted by molar-refractivity contribution is 0.275. The van der Waals surface area contributed by atoms with Crippen LogP contribution < -0.4 is 5.32 Å². The number of nitrogens with one attached hydrogen (secondary N) is 1. The van der Waals surface area contributed by atoms with Crippen molar-refractivity contribution in [3.8, 4) is 5.75 Å². The van der Waals surface area contributed by atoms with Crippen LogP contribution in [0.25, 0.3) is 0 Å². The van der Waals surface area contributed by atoms with Crippen LogP contribution in [0.3, 0.4) is 0 Å². The Labute approximate surface area is 98.8 Å². The lowest BCUT2D eigenvalue weighted by atomic mass is 10.2. The van der Waals surface area contributed by atoms with Crippen molar-refractivity contribution in [2.45, 2.75) is 13.2 Å². The number of benzene rings is 1. The average molecular weight is 231 g/mol. The zero-order valence-corrected chi connectivity index (χ0v) is 9.17. The van der Waals surface area contributed by atoms with Crippen LogP contribution in [0.5, 0.6) is 5.75 Å². The highest BCUT2D eigenvalue weighted by Crippen LogP contribution is 2.21. The largest absolute Gasteiger partial charge is 0.508 e. The van der Waals surface area contributed by atoms with E-state index in [0.717, 1.165) is 11.4 Å². The van der Waals surface area contributed by atoms with Crippen molar-refractivity contribution >= 4 is 5.69 Å². The molecule has 0 aliphatic carbocycles. The van der Waals surface area contributed by atoms with Crippen molar-refractivity contribution in [2.75, 3.05) is 5.32 Å². The third kappa shape index (κ3) is 2.92. The van der Waals surface area contributed by atoms with Crippen molar-refractivity contribution in [1.29, 1.82) is 0 Å². The van der Waals surface area contributed by atoms with E-state index in [2.05, 4.69) is 15.3 Å². The number of anilines is 1. The minimum absolute atomic E-state index is 0.0950. The Hall–Kier alpha value is -2.14. The van der Waals surface area contributed by atoms with Gasteiger partial charge in [0.2, 0.25) is 0 Å². The molecule has 0 aliphatic heterocycles. The zero-order valence-electron chi connectivity index (χ0n) is 9.17. The maximum absolute atomic E-state index is 9.41. The monoisotopic (exact) mass is 231 g/mol. The molecule has 1 aromatic carbocycles. The number of aromatic hydroxyl groups is 1. The first-order valence-corrected chi connectivity index (χ1v) is 5.21. The van der Waals surface area contributed by atoms with Crippen LogP contribution >= 0.6 is 0 Å². The molecule has 0 atom stereocenters. The standard InChI is InChI=1S/C12H13N3O2/c16-8-9-5-10(1-2-12(9)17)15-7-11-6-13-3-4-14-11/h1-6,15-17H,7-8H2. The molecular weight excluding hydrogens is 218 g/mol. The second-order valence-corrected chi connectivity index (χ2v) is 3.55. The highest BCUT2D eigenvalue weighted by atomic mass is 16.3. The second kappa shape index (κ2) is 5.27. The molecule has 5 nitrogen and oxygen atoms in total. The Morgan fingerprint density at radius 1 is 1.24 bits per heavy atom. The topological polar surface area (TPSA) is 78.3 Å². The van der Waals surface area contributed by atoms with Crippen LogP contribution in [-0.4, -0.2) is 20.2 Å². The summed E-state index contributed by atoms with van der Waals surface area (Å²) in [6.07, 6.45) is 4.93. The van der Waals surface area contributed by atoms with Gasteiger partial charge in [-0.15, -0.1) is 0 Å². The molecule has 0 unspecified atom stereocenters. The Morgan fingerprint density at radius 3 is 2.82 bits per heavy atom. The molecule has 0 bridgehead atoms. The number of hydrogen-bond donors (Lipinski definition) is 3. The summed E-state index contributed by atoms with van der Waals surface area (Å²) in [6, 6.07) is 4.99. The number of aliphatic hydroxyl groups is 1. The number of hydrogen-bond acceptors (Lipinski definition) is 5. The predicted octanol–water partition coefficient (Wildman–Crippen LogP) is 1.29. The second-order valence-electron chi connectivity index (χ2n) is 3.55. The van der Waals surface area contributed by atoms with Gasteiger partial charge in [-0.05, 0) is 18.2 Å². The van der Waals surface area contributed by atoms with Gasteiger partial charge in [0.1, 0.15) is 5.75 Å². The van der Waals surface area contributed by atoms with Gasteiger partial charge >= 0.3 is 0 Å². The Bertz CT molecular complexity index is 488.